The van der Waals surface area contributed by atoms with Crippen molar-refractivity contribution in [3.63, 3.8) is 0 Å². The number of nitrogens with one attached hydrogen (secondary N) is 1. The summed E-state index contributed by atoms with van der Waals surface area (Å²) in [6, 6.07) is 9.27. The molecule has 2 N–H and O–H groups in total. The SMILES string of the molecule is N#Cc1ccc(NCC(O)COC2CCCCC2)cc1. The Labute approximate surface area is 120 Å². The van der Waals surface area contributed by atoms with Gasteiger partial charge in [-0.3, -0.25) is 0 Å². The number of anilines is 1. The molecule has 0 saturated heterocycles. The maximum atomic E-state index is 9.90. The molecule has 1 atom stereocenters. The zero-order valence-corrected chi connectivity index (χ0v) is 11.7. The first kappa shape index (κ1) is 14.8. The van der Waals surface area contributed by atoms with E-state index in [-0.39, 0.29) is 0 Å². The van der Waals surface area contributed by atoms with Crippen LogP contribution in [0.15, 0.2) is 24.3 Å². The van der Waals surface area contributed by atoms with Crippen LogP contribution < -0.4 is 5.32 Å². The summed E-state index contributed by atoms with van der Waals surface area (Å²) in [4.78, 5) is 0. The molecule has 0 bridgehead atoms. The molecule has 1 unspecified atom stereocenters. The van der Waals surface area contributed by atoms with Gasteiger partial charge in [-0.05, 0) is 37.1 Å². The van der Waals surface area contributed by atoms with Gasteiger partial charge in [0.1, 0.15) is 0 Å². The van der Waals surface area contributed by atoms with Crippen LogP contribution in [0.2, 0.25) is 0 Å². The second-order valence-corrected chi connectivity index (χ2v) is 5.32. The summed E-state index contributed by atoms with van der Waals surface area (Å²) in [5, 5.41) is 21.8. The number of benzene rings is 1. The first-order valence-electron chi connectivity index (χ1n) is 7.31. The highest BCUT2D eigenvalue weighted by Crippen LogP contribution is 2.20. The van der Waals surface area contributed by atoms with E-state index in [2.05, 4.69) is 11.4 Å². The van der Waals surface area contributed by atoms with Gasteiger partial charge in [0.05, 0.1) is 30.4 Å². The highest BCUT2D eigenvalue weighted by molar-refractivity contribution is 5.47. The maximum absolute atomic E-state index is 9.90. The van der Waals surface area contributed by atoms with Crippen molar-refractivity contribution in [1.82, 2.24) is 0 Å². The third-order valence-electron chi connectivity index (χ3n) is 3.63. The highest BCUT2D eigenvalue weighted by Gasteiger charge is 2.15. The van der Waals surface area contributed by atoms with Crippen molar-refractivity contribution in [2.24, 2.45) is 0 Å². The van der Waals surface area contributed by atoms with E-state index in [1.807, 2.05) is 12.1 Å². The lowest BCUT2D eigenvalue weighted by molar-refractivity contribution is -0.0195. The molecular formula is C16H22N2O2. The van der Waals surface area contributed by atoms with Gasteiger partial charge in [-0.25, -0.2) is 0 Å². The van der Waals surface area contributed by atoms with Crippen LogP contribution in [0, 0.1) is 11.3 Å². The monoisotopic (exact) mass is 274 g/mol. The third kappa shape index (κ3) is 4.84. The van der Waals surface area contributed by atoms with Crippen LogP contribution in [-0.4, -0.2) is 30.5 Å². The molecule has 108 valence electrons. The van der Waals surface area contributed by atoms with Crippen molar-refractivity contribution in [1.29, 1.82) is 5.26 Å². The fraction of sp³-hybridized carbons (Fsp3) is 0.562. The number of aliphatic hydroxyl groups is 1. The van der Waals surface area contributed by atoms with E-state index in [1.165, 1.54) is 19.3 Å². The van der Waals surface area contributed by atoms with E-state index in [0.717, 1.165) is 18.5 Å². The van der Waals surface area contributed by atoms with Crippen molar-refractivity contribution in [2.75, 3.05) is 18.5 Å². The van der Waals surface area contributed by atoms with Gasteiger partial charge >= 0.3 is 0 Å². The molecule has 1 aliphatic carbocycles. The highest BCUT2D eigenvalue weighted by atomic mass is 16.5. The van der Waals surface area contributed by atoms with Gasteiger partial charge in [0.2, 0.25) is 0 Å². The summed E-state index contributed by atoms with van der Waals surface area (Å²) >= 11 is 0. The Morgan fingerprint density at radius 1 is 1.25 bits per heavy atom. The third-order valence-corrected chi connectivity index (χ3v) is 3.63. The molecule has 0 aliphatic heterocycles. The molecule has 20 heavy (non-hydrogen) atoms. The number of rotatable bonds is 6. The molecule has 1 fully saturated rings. The van der Waals surface area contributed by atoms with Crippen LogP contribution in [0.5, 0.6) is 0 Å². The second kappa shape index (κ2) is 7.88. The summed E-state index contributed by atoms with van der Waals surface area (Å²) < 4.78 is 5.74. The zero-order valence-electron chi connectivity index (χ0n) is 11.7. The number of nitrogens with zero attached hydrogens (tertiary/aromatic N) is 1. The first-order valence-corrected chi connectivity index (χ1v) is 7.31. The van der Waals surface area contributed by atoms with Crippen molar-refractivity contribution in [3.05, 3.63) is 29.8 Å². The number of nitriles is 1. The molecule has 1 aliphatic rings. The van der Waals surface area contributed by atoms with E-state index in [1.54, 1.807) is 12.1 Å². The second-order valence-electron chi connectivity index (χ2n) is 5.32. The molecule has 1 aromatic rings. The van der Waals surface area contributed by atoms with Gasteiger partial charge < -0.3 is 15.2 Å². The van der Waals surface area contributed by atoms with Crippen molar-refractivity contribution in [2.45, 2.75) is 44.3 Å². The van der Waals surface area contributed by atoms with E-state index < -0.39 is 6.10 Å². The minimum Gasteiger partial charge on any atom is -0.389 e. The zero-order chi connectivity index (χ0) is 14.2. The lowest BCUT2D eigenvalue weighted by atomic mass is 9.98. The normalized spacial score (nSPS) is 17.4. The lowest BCUT2D eigenvalue weighted by Gasteiger charge is -2.23. The molecule has 2 rings (SSSR count). The summed E-state index contributed by atoms with van der Waals surface area (Å²) in [5.74, 6) is 0. The Kier molecular flexibility index (Phi) is 5.85. The Balaban J connectivity index is 1.66. The lowest BCUT2D eigenvalue weighted by Crippen LogP contribution is -2.28. The number of aliphatic hydroxyl groups excluding tert-OH is 1. The van der Waals surface area contributed by atoms with Crippen LogP contribution in [0.3, 0.4) is 0 Å². The quantitative estimate of drug-likeness (QED) is 0.837. The molecule has 0 spiro atoms. The molecule has 1 saturated carbocycles. The van der Waals surface area contributed by atoms with Gasteiger partial charge in [-0.15, -0.1) is 0 Å². The van der Waals surface area contributed by atoms with Crippen LogP contribution in [0.1, 0.15) is 37.7 Å². The van der Waals surface area contributed by atoms with Crippen LogP contribution >= 0.6 is 0 Å². The van der Waals surface area contributed by atoms with E-state index in [4.69, 9.17) is 10.00 Å². The van der Waals surface area contributed by atoms with Crippen molar-refractivity contribution in [3.8, 4) is 6.07 Å². The van der Waals surface area contributed by atoms with Gasteiger partial charge in [0, 0.05) is 12.2 Å². The average molecular weight is 274 g/mol. The summed E-state index contributed by atoms with van der Waals surface area (Å²) in [6.45, 7) is 0.840. The molecule has 4 nitrogen and oxygen atoms in total. The summed E-state index contributed by atoms with van der Waals surface area (Å²) in [7, 11) is 0. The largest absolute Gasteiger partial charge is 0.389 e. The van der Waals surface area contributed by atoms with Gasteiger partial charge in [0.25, 0.3) is 0 Å². The summed E-state index contributed by atoms with van der Waals surface area (Å²) in [5.41, 5.74) is 1.54. The van der Waals surface area contributed by atoms with Gasteiger partial charge in [-0.2, -0.15) is 5.26 Å². The minimum atomic E-state index is -0.507. The maximum Gasteiger partial charge on any atom is 0.0991 e. The Morgan fingerprint density at radius 3 is 2.60 bits per heavy atom. The number of ether oxygens (including phenoxy) is 1. The fourth-order valence-electron chi connectivity index (χ4n) is 2.44. The molecular weight excluding hydrogens is 252 g/mol. The smallest absolute Gasteiger partial charge is 0.0991 e. The van der Waals surface area contributed by atoms with Crippen LogP contribution in [0.25, 0.3) is 0 Å². The van der Waals surface area contributed by atoms with Gasteiger partial charge in [-0.1, -0.05) is 19.3 Å². The van der Waals surface area contributed by atoms with E-state index >= 15 is 0 Å². The molecule has 0 amide bonds. The molecule has 4 heteroatoms. The number of hydrogen-bond donors (Lipinski definition) is 2. The van der Waals surface area contributed by atoms with E-state index in [9.17, 15) is 5.11 Å². The molecule has 0 aromatic heterocycles. The molecule has 0 radical (unpaired) electrons. The van der Waals surface area contributed by atoms with Crippen molar-refractivity contribution < 1.29 is 9.84 Å². The Morgan fingerprint density at radius 2 is 1.95 bits per heavy atom. The molecule has 0 heterocycles. The van der Waals surface area contributed by atoms with Crippen LogP contribution in [-0.2, 0) is 4.74 Å². The minimum absolute atomic E-state index is 0.327. The van der Waals surface area contributed by atoms with E-state index in [0.29, 0.717) is 24.8 Å². The predicted molar refractivity (Wildman–Crippen MR) is 78.5 cm³/mol. The Bertz CT molecular complexity index is 433. The Hall–Kier alpha value is -1.57. The van der Waals surface area contributed by atoms with Gasteiger partial charge in [0.15, 0.2) is 0 Å². The summed E-state index contributed by atoms with van der Waals surface area (Å²) in [6.07, 6.45) is 5.85. The number of hydrogen-bond acceptors (Lipinski definition) is 4. The average Bonchev–Trinajstić information content (AvgIpc) is 2.52. The fourth-order valence-corrected chi connectivity index (χ4v) is 2.44. The predicted octanol–water partition coefficient (Wildman–Crippen LogP) is 2.68. The topological polar surface area (TPSA) is 65.3 Å². The van der Waals surface area contributed by atoms with Crippen LogP contribution in [0.4, 0.5) is 5.69 Å². The standard InChI is InChI=1S/C16H22N2O2/c17-10-13-6-8-14(9-7-13)18-11-15(19)12-20-16-4-2-1-3-5-16/h6-9,15-16,18-19H,1-5,11-12H2. The first-order chi connectivity index (χ1) is 9.78. The molecule has 1 aromatic carbocycles. The van der Waals surface area contributed by atoms with Crippen molar-refractivity contribution >= 4 is 5.69 Å².